The molecule has 23 heavy (non-hydrogen) atoms. The maximum Gasteiger partial charge on any atom is 0.232 e. The average molecular weight is 338 g/mol. The van der Waals surface area contributed by atoms with Crippen molar-refractivity contribution in [1.29, 1.82) is 0 Å². The fourth-order valence-electron chi connectivity index (χ4n) is 2.87. The standard InChI is InChI=1S/C17H26N2O3S/c1-14-8-9-16(13-15(14)2)19(23(3,21)22)12-6-7-17(20)18-10-4-5-11-18/h8-9,13H,4-7,10-12H2,1-3H3. The second kappa shape index (κ2) is 7.34. The first-order valence-electron chi connectivity index (χ1n) is 8.12. The van der Waals surface area contributed by atoms with Crippen molar-refractivity contribution in [2.24, 2.45) is 0 Å². The molecule has 1 aliphatic rings. The van der Waals surface area contributed by atoms with Crippen molar-refractivity contribution >= 4 is 21.6 Å². The Hall–Kier alpha value is -1.56. The van der Waals surface area contributed by atoms with E-state index in [0.29, 0.717) is 25.1 Å². The molecule has 0 aromatic heterocycles. The number of anilines is 1. The number of carbonyl (C=O) groups excluding carboxylic acids is 1. The van der Waals surface area contributed by atoms with Gasteiger partial charge in [0.25, 0.3) is 0 Å². The molecular formula is C17H26N2O3S. The number of benzene rings is 1. The number of likely N-dealkylation sites (tertiary alicyclic amines) is 1. The van der Waals surface area contributed by atoms with Crippen LogP contribution in [-0.2, 0) is 14.8 Å². The van der Waals surface area contributed by atoms with Crippen molar-refractivity contribution in [3.05, 3.63) is 29.3 Å². The first-order valence-corrected chi connectivity index (χ1v) is 9.96. The minimum Gasteiger partial charge on any atom is -0.343 e. The molecule has 1 heterocycles. The summed E-state index contributed by atoms with van der Waals surface area (Å²) in [6.07, 6.45) is 4.30. The Labute approximate surface area is 139 Å². The van der Waals surface area contributed by atoms with E-state index in [0.717, 1.165) is 37.1 Å². The second-order valence-corrected chi connectivity index (χ2v) is 8.20. The van der Waals surface area contributed by atoms with Crippen LogP contribution in [0.1, 0.15) is 36.8 Å². The SMILES string of the molecule is Cc1ccc(N(CCCC(=O)N2CCCC2)S(C)(=O)=O)cc1C. The number of amides is 1. The maximum atomic E-state index is 12.1. The molecule has 0 bridgehead atoms. The molecule has 1 saturated heterocycles. The molecule has 1 aliphatic heterocycles. The van der Waals surface area contributed by atoms with Crippen LogP contribution >= 0.6 is 0 Å². The van der Waals surface area contributed by atoms with Gasteiger partial charge >= 0.3 is 0 Å². The Morgan fingerprint density at radius 2 is 1.83 bits per heavy atom. The van der Waals surface area contributed by atoms with E-state index >= 15 is 0 Å². The molecule has 0 radical (unpaired) electrons. The third kappa shape index (κ3) is 4.70. The van der Waals surface area contributed by atoms with Crippen molar-refractivity contribution in [3.63, 3.8) is 0 Å². The van der Waals surface area contributed by atoms with Crippen molar-refractivity contribution in [1.82, 2.24) is 4.90 Å². The lowest BCUT2D eigenvalue weighted by Gasteiger charge is -2.23. The molecule has 1 amide bonds. The van der Waals surface area contributed by atoms with Crippen LogP contribution in [0.4, 0.5) is 5.69 Å². The third-order valence-electron chi connectivity index (χ3n) is 4.39. The van der Waals surface area contributed by atoms with E-state index in [1.165, 1.54) is 10.6 Å². The van der Waals surface area contributed by atoms with Gasteiger partial charge in [-0.1, -0.05) is 6.07 Å². The monoisotopic (exact) mass is 338 g/mol. The molecule has 2 rings (SSSR count). The number of hydrogen-bond acceptors (Lipinski definition) is 3. The van der Waals surface area contributed by atoms with E-state index in [1.807, 2.05) is 36.9 Å². The molecule has 0 unspecified atom stereocenters. The summed E-state index contributed by atoms with van der Waals surface area (Å²) in [5, 5.41) is 0. The molecule has 0 N–H and O–H groups in total. The molecule has 1 fully saturated rings. The molecule has 0 spiro atoms. The highest BCUT2D eigenvalue weighted by molar-refractivity contribution is 7.92. The van der Waals surface area contributed by atoms with E-state index in [1.54, 1.807) is 0 Å². The van der Waals surface area contributed by atoms with Gasteiger partial charge < -0.3 is 4.90 Å². The highest BCUT2D eigenvalue weighted by Gasteiger charge is 2.20. The number of rotatable bonds is 6. The summed E-state index contributed by atoms with van der Waals surface area (Å²) >= 11 is 0. The van der Waals surface area contributed by atoms with E-state index in [2.05, 4.69) is 0 Å². The second-order valence-electron chi connectivity index (χ2n) is 6.30. The number of hydrogen-bond donors (Lipinski definition) is 0. The van der Waals surface area contributed by atoms with Gasteiger partial charge in [-0.15, -0.1) is 0 Å². The Morgan fingerprint density at radius 3 is 2.39 bits per heavy atom. The van der Waals surface area contributed by atoms with Crippen molar-refractivity contribution in [2.75, 3.05) is 30.2 Å². The molecule has 0 saturated carbocycles. The Bertz CT molecular complexity index is 664. The normalized spacial score (nSPS) is 15.0. The van der Waals surface area contributed by atoms with Gasteiger partial charge in [0.15, 0.2) is 0 Å². The molecule has 5 nitrogen and oxygen atoms in total. The van der Waals surface area contributed by atoms with Crippen LogP contribution < -0.4 is 4.31 Å². The molecule has 6 heteroatoms. The lowest BCUT2D eigenvalue weighted by Crippen LogP contribution is -2.33. The molecule has 128 valence electrons. The minimum atomic E-state index is -3.36. The Kier molecular flexibility index (Phi) is 5.68. The molecular weight excluding hydrogens is 312 g/mol. The lowest BCUT2D eigenvalue weighted by molar-refractivity contribution is -0.130. The zero-order valence-electron chi connectivity index (χ0n) is 14.2. The predicted octanol–water partition coefficient (Wildman–Crippen LogP) is 2.47. The summed E-state index contributed by atoms with van der Waals surface area (Å²) in [6, 6.07) is 5.64. The van der Waals surface area contributed by atoms with Crippen molar-refractivity contribution < 1.29 is 13.2 Å². The number of carbonyl (C=O) groups is 1. The highest BCUT2D eigenvalue weighted by atomic mass is 32.2. The molecule has 1 aromatic carbocycles. The number of sulfonamides is 1. The van der Waals surface area contributed by atoms with E-state index in [4.69, 9.17) is 0 Å². The minimum absolute atomic E-state index is 0.135. The quantitative estimate of drug-likeness (QED) is 0.801. The molecule has 1 aromatic rings. The fourth-order valence-corrected chi connectivity index (χ4v) is 3.82. The zero-order valence-corrected chi connectivity index (χ0v) is 15.0. The lowest BCUT2D eigenvalue weighted by atomic mass is 10.1. The van der Waals surface area contributed by atoms with Crippen LogP contribution in [0.5, 0.6) is 0 Å². The molecule has 0 atom stereocenters. The summed E-state index contributed by atoms with van der Waals surface area (Å²) < 4.78 is 25.6. The number of nitrogens with zero attached hydrogens (tertiary/aromatic N) is 2. The predicted molar refractivity (Wildman–Crippen MR) is 93.2 cm³/mol. The highest BCUT2D eigenvalue weighted by Crippen LogP contribution is 2.22. The van der Waals surface area contributed by atoms with Crippen LogP contribution in [0.15, 0.2) is 18.2 Å². The zero-order chi connectivity index (χ0) is 17.0. The smallest absolute Gasteiger partial charge is 0.232 e. The first kappa shape index (κ1) is 17.8. The largest absolute Gasteiger partial charge is 0.343 e. The maximum absolute atomic E-state index is 12.1. The number of aryl methyl sites for hydroxylation is 2. The van der Waals surface area contributed by atoms with Crippen LogP contribution in [0, 0.1) is 13.8 Å². The van der Waals surface area contributed by atoms with Gasteiger partial charge in [-0.05, 0) is 56.4 Å². The van der Waals surface area contributed by atoms with Gasteiger partial charge in [-0.2, -0.15) is 0 Å². The van der Waals surface area contributed by atoms with E-state index in [9.17, 15) is 13.2 Å². The van der Waals surface area contributed by atoms with Crippen LogP contribution in [-0.4, -0.2) is 45.1 Å². The van der Waals surface area contributed by atoms with E-state index in [-0.39, 0.29) is 5.91 Å². The van der Waals surface area contributed by atoms with Crippen molar-refractivity contribution in [2.45, 2.75) is 39.5 Å². The van der Waals surface area contributed by atoms with Gasteiger partial charge in [0, 0.05) is 26.1 Å². The summed E-state index contributed by atoms with van der Waals surface area (Å²) in [5.74, 6) is 0.135. The summed E-state index contributed by atoms with van der Waals surface area (Å²) in [4.78, 5) is 13.9. The van der Waals surface area contributed by atoms with Crippen LogP contribution in [0.3, 0.4) is 0 Å². The topological polar surface area (TPSA) is 57.7 Å². The van der Waals surface area contributed by atoms with Crippen LogP contribution in [0.2, 0.25) is 0 Å². The van der Waals surface area contributed by atoms with Gasteiger partial charge in [-0.25, -0.2) is 8.42 Å². The third-order valence-corrected chi connectivity index (χ3v) is 5.58. The van der Waals surface area contributed by atoms with Gasteiger partial charge in [0.2, 0.25) is 15.9 Å². The van der Waals surface area contributed by atoms with E-state index < -0.39 is 10.0 Å². The Morgan fingerprint density at radius 1 is 1.17 bits per heavy atom. The van der Waals surface area contributed by atoms with Crippen molar-refractivity contribution in [3.8, 4) is 0 Å². The Balaban J connectivity index is 2.02. The van der Waals surface area contributed by atoms with Gasteiger partial charge in [-0.3, -0.25) is 9.10 Å². The average Bonchev–Trinajstić information content (AvgIpc) is 2.99. The van der Waals surface area contributed by atoms with Gasteiger partial charge in [0.1, 0.15) is 0 Å². The summed E-state index contributed by atoms with van der Waals surface area (Å²) in [6.45, 7) is 5.98. The first-order chi connectivity index (χ1) is 10.8. The van der Waals surface area contributed by atoms with Crippen LogP contribution in [0.25, 0.3) is 0 Å². The summed E-state index contributed by atoms with van der Waals surface area (Å²) in [7, 11) is -3.36. The fraction of sp³-hybridized carbons (Fsp3) is 0.588. The summed E-state index contributed by atoms with van der Waals surface area (Å²) in [5.41, 5.74) is 2.86. The van der Waals surface area contributed by atoms with Gasteiger partial charge in [0.05, 0.1) is 11.9 Å². The molecule has 0 aliphatic carbocycles.